The molecule has 0 aliphatic rings. The van der Waals surface area contributed by atoms with Gasteiger partial charge in [0.05, 0.1) is 10.4 Å². The van der Waals surface area contributed by atoms with E-state index in [0.717, 1.165) is 30.5 Å². The molecule has 1 heterocycles. The van der Waals surface area contributed by atoms with E-state index in [1.807, 2.05) is 12.3 Å². The first kappa shape index (κ1) is 12.6. The fraction of sp³-hybridized carbons (Fsp3) is 0.385. The van der Waals surface area contributed by atoms with Gasteiger partial charge in [0.15, 0.2) is 0 Å². The summed E-state index contributed by atoms with van der Waals surface area (Å²) in [5.41, 5.74) is 2.13. The normalized spacial score (nSPS) is 11.3. The van der Waals surface area contributed by atoms with E-state index in [1.54, 1.807) is 12.1 Å². The summed E-state index contributed by atoms with van der Waals surface area (Å²) in [7, 11) is 0. The molecule has 0 unspecified atom stereocenters. The van der Waals surface area contributed by atoms with Crippen LogP contribution in [0.1, 0.15) is 19.4 Å². The average molecular weight is 247 g/mol. The maximum absolute atomic E-state index is 10.7. The highest BCUT2D eigenvalue weighted by atomic mass is 16.6. The number of fused-ring (bicyclic) bond motifs is 1. The van der Waals surface area contributed by atoms with Crippen molar-refractivity contribution >= 4 is 16.6 Å². The summed E-state index contributed by atoms with van der Waals surface area (Å²) in [6.07, 6.45) is 1.94. The van der Waals surface area contributed by atoms with E-state index in [-0.39, 0.29) is 10.6 Å². The fourth-order valence-electron chi connectivity index (χ4n) is 2.11. The van der Waals surface area contributed by atoms with E-state index in [9.17, 15) is 10.1 Å². The molecule has 1 aromatic heterocycles. The van der Waals surface area contributed by atoms with Crippen molar-refractivity contribution in [1.82, 2.24) is 9.88 Å². The summed E-state index contributed by atoms with van der Waals surface area (Å²) in [4.78, 5) is 15.7. The quantitative estimate of drug-likeness (QED) is 0.652. The maximum Gasteiger partial charge on any atom is 0.271 e. The maximum atomic E-state index is 10.7. The summed E-state index contributed by atoms with van der Waals surface area (Å²) < 4.78 is 0. The molecule has 0 aliphatic heterocycles. The number of benzene rings is 1. The van der Waals surface area contributed by atoms with Crippen molar-refractivity contribution in [2.75, 3.05) is 13.1 Å². The van der Waals surface area contributed by atoms with Gasteiger partial charge in [0.1, 0.15) is 0 Å². The van der Waals surface area contributed by atoms with Gasteiger partial charge in [0.2, 0.25) is 0 Å². The van der Waals surface area contributed by atoms with Crippen LogP contribution in [0.4, 0.5) is 5.69 Å². The molecule has 5 heteroatoms. The molecule has 1 N–H and O–H groups in total. The summed E-state index contributed by atoms with van der Waals surface area (Å²) in [5.74, 6) is 0. The van der Waals surface area contributed by atoms with Gasteiger partial charge in [0.25, 0.3) is 5.69 Å². The number of aromatic amines is 1. The summed E-state index contributed by atoms with van der Waals surface area (Å²) >= 11 is 0. The van der Waals surface area contributed by atoms with E-state index in [1.165, 1.54) is 5.56 Å². The van der Waals surface area contributed by atoms with Crippen LogP contribution < -0.4 is 0 Å². The van der Waals surface area contributed by atoms with E-state index in [2.05, 4.69) is 23.7 Å². The molecule has 0 saturated carbocycles. The Bertz CT molecular complexity index is 558. The zero-order chi connectivity index (χ0) is 13.1. The van der Waals surface area contributed by atoms with E-state index in [4.69, 9.17) is 0 Å². The first-order valence-corrected chi connectivity index (χ1v) is 6.12. The van der Waals surface area contributed by atoms with Gasteiger partial charge >= 0.3 is 0 Å². The summed E-state index contributed by atoms with van der Waals surface area (Å²) in [6.45, 7) is 7.11. The minimum Gasteiger partial charge on any atom is -0.361 e. The Morgan fingerprint density at radius 3 is 2.67 bits per heavy atom. The standard InChI is InChI=1S/C13H17N3O2/c1-3-15(4-2)9-10-8-14-13-7-11(16(17)18)5-6-12(10)13/h5-8,14H,3-4,9H2,1-2H3. The molecule has 1 aromatic carbocycles. The third kappa shape index (κ3) is 2.36. The summed E-state index contributed by atoms with van der Waals surface area (Å²) in [5, 5.41) is 11.8. The molecule has 0 atom stereocenters. The topological polar surface area (TPSA) is 62.2 Å². The number of H-pyrrole nitrogens is 1. The number of hydrogen-bond acceptors (Lipinski definition) is 3. The molecule has 0 amide bonds. The molecule has 5 nitrogen and oxygen atoms in total. The number of nitrogens with zero attached hydrogens (tertiary/aromatic N) is 2. The van der Waals surface area contributed by atoms with E-state index >= 15 is 0 Å². The van der Waals surface area contributed by atoms with Crippen molar-refractivity contribution in [3.8, 4) is 0 Å². The van der Waals surface area contributed by atoms with Crippen molar-refractivity contribution in [3.63, 3.8) is 0 Å². The minimum absolute atomic E-state index is 0.124. The van der Waals surface area contributed by atoms with Crippen LogP contribution >= 0.6 is 0 Å². The second kappa shape index (κ2) is 5.18. The zero-order valence-corrected chi connectivity index (χ0v) is 10.6. The monoisotopic (exact) mass is 247 g/mol. The molecule has 0 radical (unpaired) electrons. The van der Waals surface area contributed by atoms with Crippen LogP contribution in [0.3, 0.4) is 0 Å². The second-order valence-corrected chi connectivity index (χ2v) is 4.26. The van der Waals surface area contributed by atoms with Crippen LogP contribution in [-0.2, 0) is 6.54 Å². The molecule has 0 bridgehead atoms. The molecule has 0 spiro atoms. The Labute approximate surface area is 106 Å². The lowest BCUT2D eigenvalue weighted by Crippen LogP contribution is -2.21. The first-order valence-electron chi connectivity index (χ1n) is 6.12. The fourth-order valence-corrected chi connectivity index (χ4v) is 2.11. The van der Waals surface area contributed by atoms with Gasteiger partial charge in [-0.25, -0.2) is 0 Å². The third-order valence-corrected chi connectivity index (χ3v) is 3.25. The Morgan fingerprint density at radius 1 is 1.33 bits per heavy atom. The average Bonchev–Trinajstić information content (AvgIpc) is 2.78. The second-order valence-electron chi connectivity index (χ2n) is 4.26. The van der Waals surface area contributed by atoms with Crippen LogP contribution in [0, 0.1) is 10.1 Å². The van der Waals surface area contributed by atoms with Gasteiger partial charge in [-0.2, -0.15) is 0 Å². The smallest absolute Gasteiger partial charge is 0.271 e. The summed E-state index contributed by atoms with van der Waals surface area (Å²) in [6, 6.07) is 4.96. The molecule has 2 aromatic rings. The van der Waals surface area contributed by atoms with Crippen LogP contribution in [0.25, 0.3) is 10.9 Å². The number of rotatable bonds is 5. The molecular formula is C13H17N3O2. The number of nitro groups is 1. The molecule has 18 heavy (non-hydrogen) atoms. The molecule has 0 fully saturated rings. The SMILES string of the molecule is CCN(CC)Cc1c[nH]c2cc([N+](=O)[O-])ccc12. The van der Waals surface area contributed by atoms with Crippen LogP contribution in [0.15, 0.2) is 24.4 Å². The Hall–Kier alpha value is -1.88. The largest absolute Gasteiger partial charge is 0.361 e. The number of aromatic nitrogens is 1. The van der Waals surface area contributed by atoms with Gasteiger partial charge < -0.3 is 4.98 Å². The Kier molecular flexibility index (Phi) is 3.62. The van der Waals surface area contributed by atoms with Gasteiger partial charge in [0, 0.05) is 30.3 Å². The Balaban J connectivity index is 2.34. The van der Waals surface area contributed by atoms with Crippen molar-refractivity contribution in [2.24, 2.45) is 0 Å². The van der Waals surface area contributed by atoms with Crippen LogP contribution in [0.5, 0.6) is 0 Å². The number of nitrogens with one attached hydrogen (secondary N) is 1. The highest BCUT2D eigenvalue weighted by Gasteiger charge is 2.11. The molecule has 0 aliphatic carbocycles. The predicted molar refractivity (Wildman–Crippen MR) is 71.6 cm³/mol. The van der Waals surface area contributed by atoms with Crippen molar-refractivity contribution in [1.29, 1.82) is 0 Å². The lowest BCUT2D eigenvalue weighted by atomic mass is 10.1. The molecule has 0 saturated heterocycles. The lowest BCUT2D eigenvalue weighted by molar-refractivity contribution is -0.384. The minimum atomic E-state index is -0.371. The van der Waals surface area contributed by atoms with E-state index < -0.39 is 0 Å². The highest BCUT2D eigenvalue weighted by Crippen LogP contribution is 2.24. The first-order chi connectivity index (χ1) is 8.65. The zero-order valence-electron chi connectivity index (χ0n) is 10.6. The van der Waals surface area contributed by atoms with Crippen LogP contribution in [-0.4, -0.2) is 27.9 Å². The third-order valence-electron chi connectivity index (χ3n) is 3.25. The number of non-ortho nitro benzene ring substituents is 1. The van der Waals surface area contributed by atoms with Crippen LogP contribution in [0.2, 0.25) is 0 Å². The Morgan fingerprint density at radius 2 is 2.06 bits per heavy atom. The molecule has 2 rings (SSSR count). The van der Waals surface area contributed by atoms with Gasteiger partial charge in [-0.3, -0.25) is 15.0 Å². The highest BCUT2D eigenvalue weighted by molar-refractivity contribution is 5.85. The predicted octanol–water partition coefficient (Wildman–Crippen LogP) is 2.92. The van der Waals surface area contributed by atoms with Gasteiger partial charge in [-0.15, -0.1) is 0 Å². The van der Waals surface area contributed by atoms with Gasteiger partial charge in [-0.1, -0.05) is 13.8 Å². The lowest BCUT2D eigenvalue weighted by Gasteiger charge is -2.17. The molecular weight excluding hydrogens is 230 g/mol. The van der Waals surface area contributed by atoms with Gasteiger partial charge in [-0.05, 0) is 24.7 Å². The number of nitro benzene ring substituents is 1. The van der Waals surface area contributed by atoms with Crippen molar-refractivity contribution in [2.45, 2.75) is 20.4 Å². The van der Waals surface area contributed by atoms with E-state index in [0.29, 0.717) is 0 Å². The number of hydrogen-bond donors (Lipinski definition) is 1. The van der Waals surface area contributed by atoms with Crippen molar-refractivity contribution < 1.29 is 4.92 Å². The molecule has 96 valence electrons. The van der Waals surface area contributed by atoms with Crippen molar-refractivity contribution in [3.05, 3.63) is 40.1 Å².